The van der Waals surface area contributed by atoms with Gasteiger partial charge in [0.15, 0.2) is 5.82 Å². The van der Waals surface area contributed by atoms with E-state index in [-0.39, 0.29) is 11.8 Å². The highest BCUT2D eigenvalue weighted by Gasteiger charge is 2.24. The molecular formula is C12H19N3O2S. The van der Waals surface area contributed by atoms with Gasteiger partial charge < -0.3 is 15.4 Å². The molecule has 0 spiro atoms. The highest BCUT2D eigenvalue weighted by Crippen LogP contribution is 2.32. The van der Waals surface area contributed by atoms with Crippen molar-refractivity contribution < 1.29 is 9.53 Å². The first-order chi connectivity index (χ1) is 8.74. The number of carbonyl (C=O) groups excluding carboxylic acids is 1. The molecule has 1 fully saturated rings. The summed E-state index contributed by atoms with van der Waals surface area (Å²) in [5, 5.41) is 0.868. The number of nitrogen functional groups attached to an aromatic ring is 1. The van der Waals surface area contributed by atoms with Gasteiger partial charge in [0.05, 0.1) is 6.61 Å². The number of ether oxygens (including phenoxy) is 1. The Morgan fingerprint density at radius 2 is 2.06 bits per heavy atom. The van der Waals surface area contributed by atoms with Crippen LogP contribution in [0, 0.1) is 0 Å². The molecule has 2 N–H and O–H groups in total. The Kier molecular flexibility index (Phi) is 4.41. The lowest BCUT2D eigenvalue weighted by atomic mass is 10.2. The lowest BCUT2D eigenvalue weighted by Gasteiger charge is -2.21. The third kappa shape index (κ3) is 2.75. The minimum Gasteiger partial charge on any atom is -0.462 e. The molecule has 0 radical (unpaired) electrons. The third-order valence-corrected chi connectivity index (χ3v) is 4.00. The van der Waals surface area contributed by atoms with Crippen LogP contribution in [0.3, 0.4) is 0 Å². The molecule has 0 bridgehead atoms. The van der Waals surface area contributed by atoms with Crippen molar-refractivity contribution in [1.82, 2.24) is 4.37 Å². The van der Waals surface area contributed by atoms with Gasteiger partial charge in [0.1, 0.15) is 10.6 Å². The quantitative estimate of drug-likeness (QED) is 0.853. The van der Waals surface area contributed by atoms with E-state index in [9.17, 15) is 4.79 Å². The first kappa shape index (κ1) is 13.1. The normalized spacial score (nSPS) is 16.4. The maximum atomic E-state index is 11.9. The molecule has 5 nitrogen and oxygen atoms in total. The molecule has 1 saturated heterocycles. The minimum absolute atomic E-state index is 0.290. The van der Waals surface area contributed by atoms with E-state index < -0.39 is 0 Å². The zero-order valence-corrected chi connectivity index (χ0v) is 11.5. The van der Waals surface area contributed by atoms with Gasteiger partial charge in [0, 0.05) is 13.1 Å². The van der Waals surface area contributed by atoms with Crippen molar-refractivity contribution in [1.29, 1.82) is 0 Å². The SMILES string of the molecule is CCOC(=O)c1c(N)nsc1N1CCCCCC1. The number of hydrogen-bond acceptors (Lipinski definition) is 6. The smallest absolute Gasteiger partial charge is 0.345 e. The fourth-order valence-electron chi connectivity index (χ4n) is 2.18. The monoisotopic (exact) mass is 269 g/mol. The Morgan fingerprint density at radius 3 is 2.67 bits per heavy atom. The fourth-order valence-corrected chi connectivity index (χ4v) is 3.03. The van der Waals surface area contributed by atoms with E-state index >= 15 is 0 Å². The molecule has 0 saturated carbocycles. The van der Waals surface area contributed by atoms with Gasteiger partial charge in [0.25, 0.3) is 0 Å². The van der Waals surface area contributed by atoms with Crippen LogP contribution in [-0.4, -0.2) is 30.0 Å². The maximum absolute atomic E-state index is 11.9. The summed E-state index contributed by atoms with van der Waals surface area (Å²) < 4.78 is 9.15. The van der Waals surface area contributed by atoms with Crippen molar-refractivity contribution in [2.75, 3.05) is 30.3 Å². The van der Waals surface area contributed by atoms with E-state index in [2.05, 4.69) is 9.27 Å². The lowest BCUT2D eigenvalue weighted by molar-refractivity contribution is 0.0528. The number of esters is 1. The van der Waals surface area contributed by atoms with Crippen LogP contribution in [0.2, 0.25) is 0 Å². The molecule has 2 heterocycles. The number of anilines is 2. The second-order valence-electron chi connectivity index (χ2n) is 4.37. The molecule has 2 rings (SSSR count). The number of hydrogen-bond donors (Lipinski definition) is 1. The highest BCUT2D eigenvalue weighted by atomic mass is 32.1. The summed E-state index contributed by atoms with van der Waals surface area (Å²) in [7, 11) is 0. The van der Waals surface area contributed by atoms with Crippen LogP contribution in [0.4, 0.5) is 10.8 Å². The minimum atomic E-state index is -0.358. The Balaban J connectivity index is 2.23. The van der Waals surface area contributed by atoms with E-state index in [0.29, 0.717) is 12.2 Å². The molecule has 0 unspecified atom stereocenters. The molecule has 1 aliphatic heterocycles. The Morgan fingerprint density at radius 1 is 1.39 bits per heavy atom. The van der Waals surface area contributed by atoms with Crippen molar-refractivity contribution in [2.45, 2.75) is 32.6 Å². The molecule has 18 heavy (non-hydrogen) atoms. The van der Waals surface area contributed by atoms with Gasteiger partial charge in [-0.2, -0.15) is 4.37 Å². The van der Waals surface area contributed by atoms with Gasteiger partial charge in [-0.3, -0.25) is 0 Å². The van der Waals surface area contributed by atoms with E-state index in [0.717, 1.165) is 30.9 Å². The second-order valence-corrected chi connectivity index (χ2v) is 5.12. The number of nitrogens with two attached hydrogens (primary N) is 1. The maximum Gasteiger partial charge on any atom is 0.345 e. The van der Waals surface area contributed by atoms with Crippen molar-refractivity contribution in [3.63, 3.8) is 0 Å². The lowest BCUT2D eigenvalue weighted by Crippen LogP contribution is -2.25. The van der Waals surface area contributed by atoms with Crippen molar-refractivity contribution in [3.8, 4) is 0 Å². The topological polar surface area (TPSA) is 68.5 Å². The third-order valence-electron chi connectivity index (χ3n) is 3.07. The predicted octanol–water partition coefficient (Wildman–Crippen LogP) is 2.28. The molecule has 6 heteroatoms. The summed E-state index contributed by atoms with van der Waals surface area (Å²) in [6.45, 7) is 4.08. The van der Waals surface area contributed by atoms with Crippen LogP contribution >= 0.6 is 11.5 Å². The zero-order chi connectivity index (χ0) is 13.0. The predicted molar refractivity (Wildman–Crippen MR) is 73.2 cm³/mol. The van der Waals surface area contributed by atoms with Crippen LogP contribution in [0.5, 0.6) is 0 Å². The van der Waals surface area contributed by atoms with Crippen molar-refractivity contribution in [3.05, 3.63) is 5.56 Å². The molecule has 0 aromatic carbocycles. The summed E-state index contributed by atoms with van der Waals surface area (Å²) in [6, 6.07) is 0. The summed E-state index contributed by atoms with van der Waals surface area (Å²) >= 11 is 1.30. The Bertz CT molecular complexity index is 411. The standard InChI is InChI=1S/C12H19N3O2S/c1-2-17-12(16)9-10(13)14-18-11(9)15-7-5-3-4-6-8-15/h2-8H2,1H3,(H2,13,14). The molecule has 1 aliphatic rings. The van der Waals surface area contributed by atoms with Gasteiger partial charge >= 0.3 is 5.97 Å². The first-order valence-corrected chi connectivity index (χ1v) is 7.18. The summed E-state index contributed by atoms with van der Waals surface area (Å²) in [5.41, 5.74) is 6.24. The van der Waals surface area contributed by atoms with E-state index in [1.54, 1.807) is 6.92 Å². The number of aromatic nitrogens is 1. The van der Waals surface area contributed by atoms with Crippen LogP contribution in [0.25, 0.3) is 0 Å². The summed E-state index contributed by atoms with van der Waals surface area (Å²) in [5.74, 6) is -0.0688. The molecular weight excluding hydrogens is 250 g/mol. The highest BCUT2D eigenvalue weighted by molar-refractivity contribution is 7.11. The molecule has 0 atom stereocenters. The molecule has 0 aliphatic carbocycles. The number of rotatable bonds is 3. The number of nitrogens with zero attached hydrogens (tertiary/aromatic N) is 2. The summed E-state index contributed by atoms with van der Waals surface area (Å²) in [6.07, 6.45) is 4.80. The molecule has 1 aromatic rings. The van der Waals surface area contributed by atoms with E-state index in [4.69, 9.17) is 10.5 Å². The largest absolute Gasteiger partial charge is 0.462 e. The van der Waals surface area contributed by atoms with Crippen molar-refractivity contribution in [2.24, 2.45) is 0 Å². The van der Waals surface area contributed by atoms with E-state index in [1.807, 2.05) is 0 Å². The average Bonchev–Trinajstić information content (AvgIpc) is 2.58. The molecule has 100 valence electrons. The van der Waals surface area contributed by atoms with Gasteiger partial charge in [-0.15, -0.1) is 0 Å². The van der Waals surface area contributed by atoms with Crippen molar-refractivity contribution >= 4 is 28.3 Å². The Hall–Kier alpha value is -1.30. The summed E-state index contributed by atoms with van der Waals surface area (Å²) in [4.78, 5) is 14.1. The first-order valence-electron chi connectivity index (χ1n) is 6.41. The van der Waals surface area contributed by atoms with Crippen LogP contribution in [-0.2, 0) is 4.74 Å². The molecule has 1 aromatic heterocycles. The fraction of sp³-hybridized carbons (Fsp3) is 0.667. The van der Waals surface area contributed by atoms with E-state index in [1.165, 1.54) is 24.4 Å². The number of carbonyl (C=O) groups is 1. The van der Waals surface area contributed by atoms with Crippen LogP contribution in [0.15, 0.2) is 0 Å². The molecule has 0 amide bonds. The zero-order valence-electron chi connectivity index (χ0n) is 10.6. The van der Waals surface area contributed by atoms with Crippen LogP contribution in [0.1, 0.15) is 43.0 Å². The van der Waals surface area contributed by atoms with Crippen LogP contribution < -0.4 is 10.6 Å². The van der Waals surface area contributed by atoms with Gasteiger partial charge in [-0.25, -0.2) is 4.79 Å². The van der Waals surface area contributed by atoms with Gasteiger partial charge in [-0.1, -0.05) is 12.8 Å². The van der Waals surface area contributed by atoms with Gasteiger partial charge in [0.2, 0.25) is 0 Å². The second kappa shape index (κ2) is 6.04. The average molecular weight is 269 g/mol. The Labute approximate surface area is 111 Å². The van der Waals surface area contributed by atoms with Gasteiger partial charge in [-0.05, 0) is 31.3 Å².